The van der Waals surface area contributed by atoms with E-state index < -0.39 is 6.04 Å². The van der Waals surface area contributed by atoms with Crippen LogP contribution in [0.15, 0.2) is 24.3 Å². The van der Waals surface area contributed by atoms with Crippen LogP contribution < -0.4 is 5.32 Å². The summed E-state index contributed by atoms with van der Waals surface area (Å²) in [7, 11) is 1.52. The largest absolute Gasteiger partial charge is 0.327 e. The number of rotatable bonds is 4. The maximum Gasteiger partial charge on any atom is 0.246 e. The molecule has 0 radical (unpaired) electrons. The first-order valence-electron chi connectivity index (χ1n) is 7.09. The number of nitrogens with zero attached hydrogens (tertiary/aromatic N) is 3. The molecule has 2 amide bonds. The Bertz CT molecular complexity index is 707. The number of para-hydroxylation sites is 2. The van der Waals surface area contributed by atoms with Crippen LogP contribution in [0, 0.1) is 0 Å². The molecular formula is C15H18N4O2. The number of carbonyl (C=O) groups is 2. The van der Waals surface area contributed by atoms with Crippen molar-refractivity contribution in [2.24, 2.45) is 0 Å². The predicted molar refractivity (Wildman–Crippen MR) is 78.4 cm³/mol. The van der Waals surface area contributed by atoms with Gasteiger partial charge in [-0.15, -0.1) is 0 Å². The number of imide groups is 1. The summed E-state index contributed by atoms with van der Waals surface area (Å²) in [6.07, 6.45) is 0.224. The molecule has 2 aromatic rings. The van der Waals surface area contributed by atoms with Crippen LogP contribution in [0.4, 0.5) is 0 Å². The van der Waals surface area contributed by atoms with Crippen molar-refractivity contribution in [2.45, 2.75) is 32.5 Å². The SMILES string of the molecule is CCn1c(CNC2CC(=O)N(C)C2=O)nc2ccccc21. The average Bonchev–Trinajstić information content (AvgIpc) is 2.97. The lowest BCUT2D eigenvalue weighted by atomic mass is 10.2. The molecule has 0 aliphatic carbocycles. The Kier molecular flexibility index (Phi) is 3.47. The van der Waals surface area contributed by atoms with Crippen LogP contribution in [0.2, 0.25) is 0 Å². The van der Waals surface area contributed by atoms with Gasteiger partial charge in [0, 0.05) is 13.6 Å². The van der Waals surface area contributed by atoms with Crippen molar-refractivity contribution >= 4 is 22.8 Å². The number of carbonyl (C=O) groups excluding carboxylic acids is 2. The number of likely N-dealkylation sites (tertiary alicyclic amines) is 1. The minimum Gasteiger partial charge on any atom is -0.327 e. The molecule has 1 atom stereocenters. The van der Waals surface area contributed by atoms with E-state index in [9.17, 15) is 9.59 Å². The van der Waals surface area contributed by atoms with E-state index in [1.165, 1.54) is 11.9 Å². The Morgan fingerprint density at radius 1 is 1.33 bits per heavy atom. The van der Waals surface area contributed by atoms with E-state index in [-0.39, 0.29) is 18.2 Å². The number of hydrogen-bond acceptors (Lipinski definition) is 4. The van der Waals surface area contributed by atoms with Gasteiger partial charge in [-0.05, 0) is 19.1 Å². The smallest absolute Gasteiger partial charge is 0.246 e. The minimum absolute atomic E-state index is 0.138. The lowest BCUT2D eigenvalue weighted by Crippen LogP contribution is -2.37. The van der Waals surface area contributed by atoms with Crippen molar-refractivity contribution in [3.05, 3.63) is 30.1 Å². The molecule has 6 nitrogen and oxygen atoms in total. The molecule has 2 heterocycles. The third kappa shape index (κ3) is 2.31. The van der Waals surface area contributed by atoms with E-state index in [2.05, 4.69) is 21.8 Å². The molecule has 3 rings (SSSR count). The summed E-state index contributed by atoms with van der Waals surface area (Å²) in [5.41, 5.74) is 2.03. The van der Waals surface area contributed by atoms with Crippen LogP contribution >= 0.6 is 0 Å². The highest BCUT2D eigenvalue weighted by Gasteiger charge is 2.35. The van der Waals surface area contributed by atoms with Gasteiger partial charge in [0.05, 0.1) is 30.0 Å². The third-order valence-electron chi connectivity index (χ3n) is 3.94. The molecular weight excluding hydrogens is 268 g/mol. The number of nitrogens with one attached hydrogen (secondary N) is 1. The molecule has 1 unspecified atom stereocenters. The van der Waals surface area contributed by atoms with Crippen LogP contribution in [0.5, 0.6) is 0 Å². The second-order valence-corrected chi connectivity index (χ2v) is 5.19. The Hall–Kier alpha value is -2.21. The topological polar surface area (TPSA) is 67.2 Å². The summed E-state index contributed by atoms with van der Waals surface area (Å²) in [6, 6.07) is 7.52. The Labute approximate surface area is 122 Å². The van der Waals surface area contributed by atoms with Gasteiger partial charge in [-0.25, -0.2) is 4.98 Å². The van der Waals surface area contributed by atoms with E-state index in [4.69, 9.17) is 0 Å². The second kappa shape index (κ2) is 5.29. The first-order chi connectivity index (χ1) is 10.1. The summed E-state index contributed by atoms with van der Waals surface area (Å²) in [5.74, 6) is 0.578. The van der Waals surface area contributed by atoms with Crippen LogP contribution in [0.3, 0.4) is 0 Å². The van der Waals surface area contributed by atoms with Gasteiger partial charge < -0.3 is 4.57 Å². The first kappa shape index (κ1) is 13.8. The molecule has 0 saturated carbocycles. The fourth-order valence-corrected chi connectivity index (χ4v) is 2.74. The molecule has 0 spiro atoms. The first-order valence-corrected chi connectivity index (χ1v) is 7.09. The Morgan fingerprint density at radius 3 is 2.76 bits per heavy atom. The van der Waals surface area contributed by atoms with Gasteiger partial charge in [-0.1, -0.05) is 12.1 Å². The van der Waals surface area contributed by atoms with Crippen molar-refractivity contribution in [3.63, 3.8) is 0 Å². The van der Waals surface area contributed by atoms with Crippen molar-refractivity contribution in [2.75, 3.05) is 7.05 Å². The normalized spacial score (nSPS) is 19.0. The fraction of sp³-hybridized carbons (Fsp3) is 0.400. The van der Waals surface area contributed by atoms with Gasteiger partial charge in [0.25, 0.3) is 0 Å². The summed E-state index contributed by atoms with van der Waals surface area (Å²) in [5, 5.41) is 3.15. The number of benzene rings is 1. The summed E-state index contributed by atoms with van der Waals surface area (Å²) in [6.45, 7) is 3.35. The summed E-state index contributed by atoms with van der Waals surface area (Å²) >= 11 is 0. The van der Waals surface area contributed by atoms with Gasteiger partial charge in [-0.3, -0.25) is 19.8 Å². The van der Waals surface area contributed by atoms with Crippen molar-refractivity contribution in [3.8, 4) is 0 Å². The number of fused-ring (bicyclic) bond motifs is 1. The van der Waals surface area contributed by atoms with Crippen molar-refractivity contribution in [1.29, 1.82) is 0 Å². The van der Waals surface area contributed by atoms with Gasteiger partial charge in [0.2, 0.25) is 11.8 Å². The molecule has 1 N–H and O–H groups in total. The number of aryl methyl sites for hydroxylation is 1. The molecule has 0 bridgehead atoms. The van der Waals surface area contributed by atoms with E-state index in [0.717, 1.165) is 23.4 Å². The third-order valence-corrected chi connectivity index (χ3v) is 3.94. The van der Waals surface area contributed by atoms with E-state index in [1.54, 1.807) is 0 Å². The zero-order chi connectivity index (χ0) is 15.0. The zero-order valence-corrected chi connectivity index (χ0v) is 12.2. The van der Waals surface area contributed by atoms with E-state index >= 15 is 0 Å². The number of aromatic nitrogens is 2. The van der Waals surface area contributed by atoms with Crippen LogP contribution in [0.1, 0.15) is 19.2 Å². The number of likely N-dealkylation sites (N-methyl/N-ethyl adjacent to an activating group) is 1. The molecule has 6 heteroatoms. The highest BCUT2D eigenvalue weighted by Crippen LogP contribution is 2.17. The molecule has 110 valence electrons. The van der Waals surface area contributed by atoms with Crippen LogP contribution in [-0.4, -0.2) is 39.4 Å². The number of imidazole rings is 1. The second-order valence-electron chi connectivity index (χ2n) is 5.19. The highest BCUT2D eigenvalue weighted by atomic mass is 16.2. The zero-order valence-electron chi connectivity index (χ0n) is 12.2. The molecule has 1 aliphatic rings. The maximum absolute atomic E-state index is 11.9. The number of amides is 2. The standard InChI is InChI=1S/C15H18N4O2/c1-3-19-12-7-5-4-6-10(12)17-13(19)9-16-11-8-14(20)18(2)15(11)21/h4-7,11,16H,3,8-9H2,1-2H3. The fourth-order valence-electron chi connectivity index (χ4n) is 2.74. The number of hydrogen-bond donors (Lipinski definition) is 1. The predicted octanol–water partition coefficient (Wildman–Crippen LogP) is 0.903. The lowest BCUT2D eigenvalue weighted by molar-refractivity contribution is -0.137. The molecule has 1 aromatic heterocycles. The summed E-state index contributed by atoms with van der Waals surface area (Å²) < 4.78 is 2.12. The molecule has 1 aliphatic heterocycles. The van der Waals surface area contributed by atoms with Gasteiger partial charge in [-0.2, -0.15) is 0 Å². The van der Waals surface area contributed by atoms with E-state index in [0.29, 0.717) is 6.54 Å². The van der Waals surface area contributed by atoms with Crippen molar-refractivity contribution < 1.29 is 9.59 Å². The van der Waals surface area contributed by atoms with Gasteiger partial charge in [0.1, 0.15) is 5.82 Å². The Balaban J connectivity index is 1.80. The minimum atomic E-state index is -0.437. The Morgan fingerprint density at radius 2 is 2.10 bits per heavy atom. The van der Waals surface area contributed by atoms with Crippen molar-refractivity contribution in [1.82, 2.24) is 19.8 Å². The molecule has 1 saturated heterocycles. The van der Waals surface area contributed by atoms with Crippen LogP contribution in [-0.2, 0) is 22.7 Å². The lowest BCUT2D eigenvalue weighted by Gasteiger charge is -2.11. The van der Waals surface area contributed by atoms with Gasteiger partial charge in [0.15, 0.2) is 0 Å². The van der Waals surface area contributed by atoms with E-state index in [1.807, 2.05) is 24.3 Å². The molecule has 21 heavy (non-hydrogen) atoms. The average molecular weight is 286 g/mol. The molecule has 1 fully saturated rings. The molecule has 1 aromatic carbocycles. The monoisotopic (exact) mass is 286 g/mol. The maximum atomic E-state index is 11.9. The van der Waals surface area contributed by atoms with Crippen LogP contribution in [0.25, 0.3) is 11.0 Å². The quantitative estimate of drug-likeness (QED) is 0.848. The van der Waals surface area contributed by atoms with Gasteiger partial charge >= 0.3 is 0 Å². The highest BCUT2D eigenvalue weighted by molar-refractivity contribution is 6.05. The summed E-state index contributed by atoms with van der Waals surface area (Å²) in [4.78, 5) is 29.2.